The highest BCUT2D eigenvalue weighted by Gasteiger charge is 2.24. The summed E-state index contributed by atoms with van der Waals surface area (Å²) in [5, 5.41) is 4.63. The fraction of sp³-hybridized carbons (Fsp3) is 0.250. The number of hydrogen-bond donors (Lipinski definition) is 1. The first kappa shape index (κ1) is 7.41. The molecule has 0 aliphatic carbocycles. The molecule has 0 spiro atoms. The summed E-state index contributed by atoms with van der Waals surface area (Å²) in [6, 6.07) is 6.07. The first-order valence-electron chi connectivity index (χ1n) is 3.46. The summed E-state index contributed by atoms with van der Waals surface area (Å²) in [7, 11) is 0. The van der Waals surface area contributed by atoms with Crippen molar-refractivity contribution in [3.05, 3.63) is 33.8 Å². The molecule has 1 aromatic rings. The van der Waals surface area contributed by atoms with E-state index >= 15 is 0 Å². The molecule has 1 fully saturated rings. The molecule has 0 unspecified atom stereocenters. The molecule has 3 heteroatoms. The molecule has 1 aliphatic heterocycles. The van der Waals surface area contributed by atoms with Crippen LogP contribution in [0, 0.1) is 0 Å². The Morgan fingerprint density at radius 3 is 2.64 bits per heavy atom. The predicted molar refractivity (Wildman–Crippen MR) is 47.2 cm³/mol. The lowest BCUT2D eigenvalue weighted by Gasteiger charge is -1.99. The molecule has 1 nitrogen and oxygen atoms in total. The van der Waals surface area contributed by atoms with Crippen LogP contribution in [-0.4, -0.2) is 6.54 Å². The van der Waals surface area contributed by atoms with Gasteiger partial charge in [0.25, 0.3) is 0 Å². The zero-order valence-corrected chi connectivity index (χ0v) is 7.28. The summed E-state index contributed by atoms with van der Waals surface area (Å²) in [5.41, 5.74) is 1.15. The van der Waals surface area contributed by atoms with Gasteiger partial charge in [-0.2, -0.15) is 0 Å². The standard InChI is InChI=1S/C8H7Cl2N/c9-5-1-2-6(7(10)3-5)8-4-11-8/h1-3,8,11H,4H2/t8-/m0/s1. The van der Waals surface area contributed by atoms with Gasteiger partial charge in [-0.3, -0.25) is 0 Å². The summed E-state index contributed by atoms with van der Waals surface area (Å²) in [5.74, 6) is 0. The summed E-state index contributed by atoms with van der Waals surface area (Å²) >= 11 is 11.7. The molecule has 0 radical (unpaired) electrons. The van der Waals surface area contributed by atoms with Crippen LogP contribution in [0.1, 0.15) is 11.6 Å². The Labute approximate surface area is 75.3 Å². The molecule has 0 bridgehead atoms. The number of nitrogens with one attached hydrogen (secondary N) is 1. The second-order valence-corrected chi connectivity index (χ2v) is 3.47. The largest absolute Gasteiger partial charge is 0.307 e. The van der Waals surface area contributed by atoms with Gasteiger partial charge in [0.05, 0.1) is 0 Å². The highest BCUT2D eigenvalue weighted by molar-refractivity contribution is 6.35. The van der Waals surface area contributed by atoms with Crippen molar-refractivity contribution in [3.8, 4) is 0 Å². The lowest BCUT2D eigenvalue weighted by Crippen LogP contribution is -1.84. The van der Waals surface area contributed by atoms with Crippen molar-refractivity contribution in [1.82, 2.24) is 5.32 Å². The lowest BCUT2D eigenvalue weighted by atomic mass is 10.2. The van der Waals surface area contributed by atoms with Gasteiger partial charge in [-0.05, 0) is 17.7 Å². The average molecular weight is 188 g/mol. The van der Waals surface area contributed by atoms with E-state index in [1.54, 1.807) is 6.07 Å². The van der Waals surface area contributed by atoms with Crippen LogP contribution in [0.2, 0.25) is 10.0 Å². The molecular weight excluding hydrogens is 181 g/mol. The Morgan fingerprint density at radius 1 is 1.36 bits per heavy atom. The topological polar surface area (TPSA) is 21.9 Å². The highest BCUT2D eigenvalue weighted by Crippen LogP contribution is 2.30. The van der Waals surface area contributed by atoms with Crippen LogP contribution in [0.25, 0.3) is 0 Å². The summed E-state index contributed by atoms with van der Waals surface area (Å²) in [6.45, 7) is 1.03. The maximum absolute atomic E-state index is 5.94. The zero-order valence-electron chi connectivity index (χ0n) is 5.77. The van der Waals surface area contributed by atoms with Gasteiger partial charge in [0, 0.05) is 22.6 Å². The third kappa shape index (κ3) is 1.51. The molecule has 0 saturated carbocycles. The molecule has 0 aromatic heterocycles. The minimum atomic E-state index is 0.458. The molecule has 1 aromatic carbocycles. The van der Waals surface area contributed by atoms with E-state index in [2.05, 4.69) is 5.32 Å². The Bertz CT molecular complexity index is 281. The molecule has 1 heterocycles. The van der Waals surface area contributed by atoms with Gasteiger partial charge in [-0.25, -0.2) is 0 Å². The molecule has 1 atom stereocenters. The number of rotatable bonds is 1. The normalized spacial score (nSPS) is 21.8. The van der Waals surface area contributed by atoms with E-state index in [0.717, 1.165) is 17.1 Å². The van der Waals surface area contributed by atoms with Crippen LogP contribution >= 0.6 is 23.2 Å². The van der Waals surface area contributed by atoms with Crippen LogP contribution in [0.5, 0.6) is 0 Å². The molecule has 58 valence electrons. The summed E-state index contributed by atoms with van der Waals surface area (Å²) < 4.78 is 0. The van der Waals surface area contributed by atoms with E-state index in [1.165, 1.54) is 0 Å². The van der Waals surface area contributed by atoms with Gasteiger partial charge < -0.3 is 5.32 Å². The minimum absolute atomic E-state index is 0.458. The van der Waals surface area contributed by atoms with E-state index in [9.17, 15) is 0 Å². The van der Waals surface area contributed by atoms with Crippen molar-refractivity contribution in [2.75, 3.05) is 6.54 Å². The molecule has 2 rings (SSSR count). The second-order valence-electron chi connectivity index (χ2n) is 2.63. The van der Waals surface area contributed by atoms with E-state index in [-0.39, 0.29) is 0 Å². The van der Waals surface area contributed by atoms with Crippen molar-refractivity contribution in [3.63, 3.8) is 0 Å². The maximum Gasteiger partial charge on any atom is 0.0469 e. The third-order valence-electron chi connectivity index (χ3n) is 1.75. The molecular formula is C8H7Cl2N. The number of halogens is 2. The predicted octanol–water partition coefficient (Wildman–Crippen LogP) is 2.64. The van der Waals surface area contributed by atoms with Crippen molar-refractivity contribution in [1.29, 1.82) is 0 Å². The Morgan fingerprint density at radius 2 is 2.09 bits per heavy atom. The fourth-order valence-corrected chi connectivity index (χ4v) is 1.60. The van der Waals surface area contributed by atoms with Crippen LogP contribution in [0.4, 0.5) is 0 Å². The van der Waals surface area contributed by atoms with Crippen molar-refractivity contribution in [2.45, 2.75) is 6.04 Å². The molecule has 1 aliphatic rings. The first-order chi connectivity index (χ1) is 5.27. The van der Waals surface area contributed by atoms with E-state index in [1.807, 2.05) is 12.1 Å². The molecule has 0 amide bonds. The van der Waals surface area contributed by atoms with Gasteiger partial charge in [0.15, 0.2) is 0 Å². The van der Waals surface area contributed by atoms with Crippen molar-refractivity contribution >= 4 is 23.2 Å². The SMILES string of the molecule is Clc1ccc([C@@H]2CN2)c(Cl)c1. The maximum atomic E-state index is 5.94. The van der Waals surface area contributed by atoms with Gasteiger partial charge in [-0.15, -0.1) is 0 Å². The molecule has 1 N–H and O–H groups in total. The van der Waals surface area contributed by atoms with Gasteiger partial charge in [0.1, 0.15) is 0 Å². The van der Waals surface area contributed by atoms with Gasteiger partial charge in [0.2, 0.25) is 0 Å². The zero-order chi connectivity index (χ0) is 7.84. The quantitative estimate of drug-likeness (QED) is 0.672. The Kier molecular flexibility index (Phi) is 1.80. The smallest absolute Gasteiger partial charge is 0.0469 e. The number of hydrogen-bond acceptors (Lipinski definition) is 1. The van der Waals surface area contributed by atoms with E-state index in [4.69, 9.17) is 23.2 Å². The van der Waals surface area contributed by atoms with Gasteiger partial charge >= 0.3 is 0 Å². The van der Waals surface area contributed by atoms with Crippen LogP contribution < -0.4 is 5.32 Å². The van der Waals surface area contributed by atoms with Crippen molar-refractivity contribution < 1.29 is 0 Å². The van der Waals surface area contributed by atoms with Crippen LogP contribution in [-0.2, 0) is 0 Å². The summed E-state index contributed by atoms with van der Waals surface area (Å²) in [4.78, 5) is 0. The molecule has 11 heavy (non-hydrogen) atoms. The lowest BCUT2D eigenvalue weighted by molar-refractivity contribution is 1.08. The highest BCUT2D eigenvalue weighted by atomic mass is 35.5. The fourth-order valence-electron chi connectivity index (χ4n) is 1.06. The first-order valence-corrected chi connectivity index (χ1v) is 4.21. The van der Waals surface area contributed by atoms with Crippen LogP contribution in [0.3, 0.4) is 0 Å². The summed E-state index contributed by atoms with van der Waals surface area (Å²) in [6.07, 6.45) is 0. The van der Waals surface area contributed by atoms with E-state index in [0.29, 0.717) is 11.1 Å². The number of benzene rings is 1. The Hall–Kier alpha value is -0.240. The van der Waals surface area contributed by atoms with Gasteiger partial charge in [-0.1, -0.05) is 29.3 Å². The van der Waals surface area contributed by atoms with E-state index < -0.39 is 0 Å². The Balaban J connectivity index is 2.39. The van der Waals surface area contributed by atoms with Crippen molar-refractivity contribution in [2.24, 2.45) is 0 Å². The minimum Gasteiger partial charge on any atom is -0.307 e. The molecule has 1 saturated heterocycles. The third-order valence-corrected chi connectivity index (χ3v) is 2.31. The van der Waals surface area contributed by atoms with Crippen LogP contribution in [0.15, 0.2) is 18.2 Å². The monoisotopic (exact) mass is 187 g/mol. The second kappa shape index (κ2) is 2.67. The average Bonchev–Trinajstić information content (AvgIpc) is 2.70.